The molecule has 9 rings (SSSR count). The first-order valence-electron chi connectivity index (χ1n) is 20.9. The first-order chi connectivity index (χ1) is 27.7. The fourth-order valence-corrected chi connectivity index (χ4v) is 6.22. The summed E-state index contributed by atoms with van der Waals surface area (Å²) >= 11 is 0. The van der Waals surface area contributed by atoms with E-state index in [2.05, 4.69) is 6.07 Å². The third-order valence-electron chi connectivity index (χ3n) is 8.19. The molecule has 0 spiro atoms. The summed E-state index contributed by atoms with van der Waals surface area (Å²) in [5.41, 5.74) is 4.30. The first-order valence-corrected chi connectivity index (χ1v) is 14.4. The molecule has 0 unspecified atom stereocenters. The topological polar surface area (TPSA) is 13.1 Å². The number of fused-ring (bicyclic) bond motifs is 5. The van der Waals surface area contributed by atoms with Gasteiger partial charge in [-0.2, -0.15) is 0 Å². The predicted octanol–water partition coefficient (Wildman–Crippen LogP) is 12.6. The quantitative estimate of drug-likeness (QED) is 0.187. The second-order valence-corrected chi connectivity index (χ2v) is 10.7. The maximum absolute atomic E-state index is 9.27. The van der Waals surface area contributed by atoms with Crippen molar-refractivity contribution in [3.63, 3.8) is 0 Å². The Morgan fingerprint density at radius 2 is 0.978 bits per heavy atom. The van der Waals surface area contributed by atoms with Gasteiger partial charge in [-0.15, -0.1) is 0 Å². The molecule has 0 amide bonds. The molecule has 0 radical (unpaired) electrons. The molecule has 0 saturated carbocycles. The molecule has 0 saturated heterocycles. The lowest BCUT2D eigenvalue weighted by atomic mass is 9.85. The number of hydrogen-bond donors (Lipinski definition) is 0. The van der Waals surface area contributed by atoms with Crippen LogP contribution in [0.1, 0.15) is 17.8 Å². The molecule has 1 heteroatoms. The number of hydrogen-bond acceptors (Lipinski definition) is 1. The van der Waals surface area contributed by atoms with Crippen molar-refractivity contribution in [2.75, 3.05) is 0 Å². The summed E-state index contributed by atoms with van der Waals surface area (Å²) in [5.74, 6) is 0. The Morgan fingerprint density at radius 1 is 0.378 bits per heavy atom. The zero-order valence-electron chi connectivity index (χ0n) is 36.6. The molecule has 45 heavy (non-hydrogen) atoms. The van der Waals surface area contributed by atoms with Crippen LogP contribution in [0.15, 0.2) is 174 Å². The fraction of sp³-hybridized carbons (Fsp3) is 0. The van der Waals surface area contributed by atoms with Gasteiger partial charge in [-0.3, -0.25) is 0 Å². The maximum atomic E-state index is 9.27. The van der Waals surface area contributed by atoms with Gasteiger partial charge >= 0.3 is 0 Å². The number of benzene rings is 8. The van der Waals surface area contributed by atoms with Crippen molar-refractivity contribution in [3.05, 3.63) is 170 Å². The van der Waals surface area contributed by atoms with E-state index in [0.29, 0.717) is 27.9 Å². The Hall–Kier alpha value is -5.92. The summed E-state index contributed by atoms with van der Waals surface area (Å²) in [6, 6.07) is 20.4. The van der Waals surface area contributed by atoms with Crippen LogP contribution in [0.25, 0.3) is 88.0 Å². The predicted molar refractivity (Wildman–Crippen MR) is 190 cm³/mol. The van der Waals surface area contributed by atoms with Crippen LogP contribution in [-0.4, -0.2) is 0 Å². The van der Waals surface area contributed by atoms with Gasteiger partial charge in [0.15, 0.2) is 0 Å². The second kappa shape index (κ2) is 10.4. The van der Waals surface area contributed by atoms with Crippen molar-refractivity contribution in [1.82, 2.24) is 0 Å². The van der Waals surface area contributed by atoms with Crippen LogP contribution >= 0.6 is 0 Å². The van der Waals surface area contributed by atoms with Crippen molar-refractivity contribution in [2.24, 2.45) is 0 Å². The molecule has 0 aliphatic carbocycles. The highest BCUT2D eigenvalue weighted by Gasteiger charge is 2.18. The van der Waals surface area contributed by atoms with Crippen molar-refractivity contribution in [2.45, 2.75) is 0 Å². The molecule has 1 heterocycles. The van der Waals surface area contributed by atoms with E-state index in [1.807, 2.05) is 66.7 Å². The molecule has 0 N–H and O–H groups in total. The molecule has 0 atom stereocenters. The summed E-state index contributed by atoms with van der Waals surface area (Å²) in [5, 5.41) is 0.974. The zero-order valence-corrected chi connectivity index (χ0v) is 23.6. The first kappa shape index (κ1) is 15.7. The lowest BCUT2D eigenvalue weighted by Crippen LogP contribution is -1.91. The molecular formula is C44H28O. The summed E-state index contributed by atoms with van der Waals surface area (Å²) < 4.78 is 121. The molecule has 9 aromatic rings. The molecule has 0 bridgehead atoms. The average molecular weight is 586 g/mol. The average Bonchev–Trinajstić information content (AvgIpc) is 3.62. The third kappa shape index (κ3) is 4.17. The number of rotatable bonds is 4. The van der Waals surface area contributed by atoms with E-state index in [1.165, 1.54) is 0 Å². The summed E-state index contributed by atoms with van der Waals surface area (Å²) in [4.78, 5) is 0. The van der Waals surface area contributed by atoms with E-state index in [1.54, 1.807) is 18.2 Å². The van der Waals surface area contributed by atoms with Crippen LogP contribution in [-0.2, 0) is 0 Å². The van der Waals surface area contributed by atoms with Crippen LogP contribution in [0.5, 0.6) is 0 Å². The molecule has 0 aliphatic heterocycles. The Kier molecular flexibility index (Phi) is 3.62. The second-order valence-electron chi connectivity index (χ2n) is 10.7. The molecule has 8 aromatic carbocycles. The van der Waals surface area contributed by atoms with Gasteiger partial charge in [-0.05, 0) is 78.7 Å². The highest BCUT2D eigenvalue weighted by atomic mass is 16.3. The summed E-state index contributed by atoms with van der Waals surface area (Å²) in [6.07, 6.45) is 0. The van der Waals surface area contributed by atoms with Crippen molar-refractivity contribution in [1.29, 1.82) is 0 Å². The smallest absolute Gasteiger partial charge is 0.143 e. The minimum absolute atomic E-state index is 0.0613. The summed E-state index contributed by atoms with van der Waals surface area (Å²) in [6.45, 7) is 0. The molecule has 0 fully saturated rings. The van der Waals surface area contributed by atoms with E-state index < -0.39 is 84.1 Å². The SMILES string of the molecule is [2H]c1c([2H])c([2H])c(-c2c3c([2H])c([2H])c([2H])c([2H])c3c(-c3cccc(-c4cccc5c4oc4ccc(-c6ccccc6)cc45)c3)c3c([2H])c([2H])c([2H])c([2H])c23)c([2H])c1[2H]. The van der Waals surface area contributed by atoms with E-state index in [-0.39, 0.29) is 32.7 Å². The van der Waals surface area contributed by atoms with E-state index in [4.69, 9.17) is 16.8 Å². The monoisotopic (exact) mass is 585 g/mol. The van der Waals surface area contributed by atoms with Gasteiger partial charge in [0, 0.05) is 16.3 Å². The van der Waals surface area contributed by atoms with Crippen molar-refractivity contribution in [3.8, 4) is 44.5 Å². The highest BCUT2D eigenvalue weighted by Crippen LogP contribution is 2.45. The zero-order chi connectivity index (χ0) is 41.1. The van der Waals surface area contributed by atoms with Gasteiger partial charge < -0.3 is 4.42 Å². The lowest BCUT2D eigenvalue weighted by molar-refractivity contribution is 0.670. The Morgan fingerprint density at radius 3 is 1.69 bits per heavy atom. The van der Waals surface area contributed by atoms with Crippen molar-refractivity contribution >= 4 is 43.5 Å². The van der Waals surface area contributed by atoms with Crippen LogP contribution in [0.2, 0.25) is 0 Å². The molecule has 1 nitrogen and oxygen atoms in total. The molecule has 0 aliphatic rings. The Bertz CT molecular complexity index is 3150. The van der Waals surface area contributed by atoms with E-state index in [0.717, 1.165) is 21.9 Å². The largest absolute Gasteiger partial charge is 0.455 e. The van der Waals surface area contributed by atoms with Gasteiger partial charge in [0.2, 0.25) is 0 Å². The van der Waals surface area contributed by atoms with Crippen molar-refractivity contribution < 1.29 is 22.2 Å². The summed E-state index contributed by atoms with van der Waals surface area (Å²) in [7, 11) is 0. The van der Waals surface area contributed by atoms with Crippen LogP contribution < -0.4 is 0 Å². The van der Waals surface area contributed by atoms with Gasteiger partial charge in [0.05, 0.1) is 17.8 Å². The highest BCUT2D eigenvalue weighted by molar-refractivity contribution is 6.21. The van der Waals surface area contributed by atoms with Crippen LogP contribution in [0.3, 0.4) is 0 Å². The minimum Gasteiger partial charge on any atom is -0.455 e. The lowest BCUT2D eigenvalue weighted by Gasteiger charge is -2.18. The van der Waals surface area contributed by atoms with Gasteiger partial charge in [0.25, 0.3) is 0 Å². The minimum atomic E-state index is -0.716. The van der Waals surface area contributed by atoms with E-state index in [9.17, 15) is 5.48 Å². The van der Waals surface area contributed by atoms with Gasteiger partial charge in [-0.25, -0.2) is 0 Å². The normalized spacial score (nSPS) is 15.6. The Labute approximate surface area is 279 Å². The third-order valence-corrected chi connectivity index (χ3v) is 8.19. The Balaban J connectivity index is 1.41. The van der Waals surface area contributed by atoms with E-state index >= 15 is 0 Å². The number of para-hydroxylation sites is 1. The molecular weight excluding hydrogens is 544 g/mol. The van der Waals surface area contributed by atoms with Gasteiger partial charge in [0.1, 0.15) is 11.2 Å². The molecule has 210 valence electrons. The standard InChI is InChI=1S/C44H28O/c1-3-13-29(14-4-1)31-25-26-41-40(28-31)39-24-12-23-34(44(39)45-41)32-17-11-18-33(27-32)43-37-21-9-7-19-35(37)42(30-15-5-2-6-16-30)36-20-8-10-22-38(36)43/h1-28H/i2D,5D,6D,7D,8D,9D,10D,15D,16D,19D,20D,21D,22D. The molecule has 1 aromatic heterocycles. The van der Waals surface area contributed by atoms with Crippen LogP contribution in [0.4, 0.5) is 0 Å². The van der Waals surface area contributed by atoms with Crippen LogP contribution in [0, 0.1) is 0 Å². The maximum Gasteiger partial charge on any atom is 0.143 e. The van der Waals surface area contributed by atoms with Gasteiger partial charge in [-0.1, -0.05) is 151 Å². The number of furan rings is 1. The fourth-order valence-electron chi connectivity index (χ4n) is 6.22.